The van der Waals surface area contributed by atoms with Crippen LogP contribution >= 0.6 is 11.8 Å². The van der Waals surface area contributed by atoms with Gasteiger partial charge in [0, 0.05) is 31.1 Å². The molecule has 1 fully saturated rings. The van der Waals surface area contributed by atoms with Crippen LogP contribution in [-0.2, 0) is 0 Å². The minimum atomic E-state index is -0.417. The van der Waals surface area contributed by atoms with E-state index in [9.17, 15) is 15.0 Å². The van der Waals surface area contributed by atoms with E-state index in [2.05, 4.69) is 4.98 Å². The number of nitrogens with zero attached hydrogens (tertiary/aromatic N) is 2. The highest BCUT2D eigenvalue weighted by atomic mass is 32.2. The summed E-state index contributed by atoms with van der Waals surface area (Å²) in [4.78, 5) is 15.4. The molecule has 0 amide bonds. The lowest BCUT2D eigenvalue weighted by atomic mass is 9.95. The highest BCUT2D eigenvalue weighted by Crippen LogP contribution is 2.43. The van der Waals surface area contributed by atoms with Crippen LogP contribution in [0.25, 0.3) is 0 Å². The fraction of sp³-hybridized carbons (Fsp3) is 0.600. The largest absolute Gasteiger partial charge is 0.396 e. The van der Waals surface area contributed by atoms with Crippen LogP contribution < -0.4 is 11.4 Å². The minimum Gasteiger partial charge on any atom is -0.396 e. The number of aliphatic hydroxyl groups excluding tert-OH is 2. The van der Waals surface area contributed by atoms with Crippen molar-refractivity contribution in [2.24, 2.45) is 11.8 Å². The van der Waals surface area contributed by atoms with Crippen LogP contribution in [0.4, 0.5) is 5.82 Å². The van der Waals surface area contributed by atoms with E-state index in [-0.39, 0.29) is 36.2 Å². The van der Waals surface area contributed by atoms with Crippen molar-refractivity contribution >= 4 is 17.6 Å². The number of aromatic nitrogens is 2. The molecule has 7 heteroatoms. The van der Waals surface area contributed by atoms with Gasteiger partial charge < -0.3 is 15.9 Å². The van der Waals surface area contributed by atoms with E-state index in [0.29, 0.717) is 0 Å². The average molecular weight is 257 g/mol. The summed E-state index contributed by atoms with van der Waals surface area (Å²) in [5.41, 5.74) is 5.01. The molecule has 1 aromatic rings. The van der Waals surface area contributed by atoms with Crippen LogP contribution in [0.15, 0.2) is 17.1 Å². The number of aliphatic hydroxyl groups is 2. The molecule has 4 N–H and O–H groups in total. The van der Waals surface area contributed by atoms with Crippen LogP contribution in [0.2, 0.25) is 0 Å². The summed E-state index contributed by atoms with van der Waals surface area (Å²) in [6, 6.07) is 1.56. The van der Waals surface area contributed by atoms with Crippen molar-refractivity contribution < 1.29 is 10.2 Å². The van der Waals surface area contributed by atoms with E-state index in [1.165, 1.54) is 4.57 Å². The van der Waals surface area contributed by atoms with Gasteiger partial charge in [-0.05, 0) is 12.0 Å². The van der Waals surface area contributed by atoms with E-state index >= 15 is 0 Å². The highest BCUT2D eigenvalue weighted by molar-refractivity contribution is 7.99. The molecular formula is C10H15N3O3S. The van der Waals surface area contributed by atoms with Crippen molar-refractivity contribution in [1.82, 2.24) is 9.55 Å². The molecule has 94 valence electrons. The molecule has 1 aromatic heterocycles. The summed E-state index contributed by atoms with van der Waals surface area (Å²) in [5, 5.41) is 18.4. The number of nitrogens with two attached hydrogens (primary N) is 1. The monoisotopic (exact) mass is 257 g/mol. The van der Waals surface area contributed by atoms with Crippen LogP contribution in [0, 0.1) is 11.8 Å². The van der Waals surface area contributed by atoms with Crippen LogP contribution in [0.3, 0.4) is 0 Å². The lowest BCUT2D eigenvalue weighted by Crippen LogP contribution is -2.31. The van der Waals surface area contributed by atoms with E-state index in [1.54, 1.807) is 24.0 Å². The van der Waals surface area contributed by atoms with Gasteiger partial charge in [0.05, 0.1) is 5.37 Å². The maximum Gasteiger partial charge on any atom is 0.350 e. The van der Waals surface area contributed by atoms with Crippen molar-refractivity contribution in [3.63, 3.8) is 0 Å². The predicted molar refractivity (Wildman–Crippen MR) is 65.6 cm³/mol. The van der Waals surface area contributed by atoms with Gasteiger partial charge in [-0.1, -0.05) is 0 Å². The van der Waals surface area contributed by atoms with Gasteiger partial charge in [0.15, 0.2) is 0 Å². The molecule has 0 unspecified atom stereocenters. The number of hydrogen-bond acceptors (Lipinski definition) is 6. The van der Waals surface area contributed by atoms with Crippen molar-refractivity contribution in [1.29, 1.82) is 0 Å². The van der Waals surface area contributed by atoms with Gasteiger partial charge in [-0.25, -0.2) is 4.79 Å². The van der Waals surface area contributed by atoms with Gasteiger partial charge in [-0.3, -0.25) is 4.57 Å². The summed E-state index contributed by atoms with van der Waals surface area (Å²) in [5.74, 6) is 0.796. The fourth-order valence-corrected chi connectivity index (χ4v) is 3.71. The Morgan fingerprint density at radius 1 is 1.53 bits per heavy atom. The molecule has 0 saturated carbocycles. The first-order chi connectivity index (χ1) is 8.17. The van der Waals surface area contributed by atoms with E-state index in [1.807, 2.05) is 0 Å². The number of nitrogen functional groups attached to an aromatic ring is 1. The normalized spacial score (nSPS) is 28.5. The van der Waals surface area contributed by atoms with Crippen molar-refractivity contribution in [3.8, 4) is 0 Å². The molecule has 0 aliphatic carbocycles. The SMILES string of the molecule is Nc1ccn([C@H]2SC[C@@H](CO)[C@H]2CO)c(=O)n1. The second-order valence-electron chi connectivity index (χ2n) is 4.06. The molecule has 0 radical (unpaired) electrons. The Bertz CT molecular complexity index is 451. The Kier molecular flexibility index (Phi) is 3.70. The van der Waals surface area contributed by atoms with Gasteiger partial charge >= 0.3 is 5.69 Å². The minimum absolute atomic E-state index is 0.0134. The molecule has 0 aromatic carbocycles. The second kappa shape index (κ2) is 5.07. The standard InChI is InChI=1S/C10H15N3O3S/c11-8-1-2-13(10(16)12-8)9-7(4-15)6(3-14)5-17-9/h1-2,6-7,9,14-15H,3-5H2,(H2,11,12,16)/t6-,7-,9+/m1/s1. The summed E-state index contributed by atoms with van der Waals surface area (Å²) in [7, 11) is 0. The van der Waals surface area contributed by atoms with Gasteiger partial charge in [0.25, 0.3) is 0 Å². The summed E-state index contributed by atoms with van der Waals surface area (Å²) >= 11 is 1.54. The van der Waals surface area contributed by atoms with Gasteiger partial charge in [-0.15, -0.1) is 11.8 Å². The Hall–Kier alpha value is -1.05. The quantitative estimate of drug-likeness (QED) is 0.661. The summed E-state index contributed by atoms with van der Waals surface area (Å²) in [6.45, 7) is -0.0361. The van der Waals surface area contributed by atoms with E-state index in [0.717, 1.165) is 5.75 Å². The zero-order valence-electron chi connectivity index (χ0n) is 9.19. The third-order valence-corrected chi connectivity index (χ3v) is 4.56. The first kappa shape index (κ1) is 12.4. The van der Waals surface area contributed by atoms with Gasteiger partial charge in [0.1, 0.15) is 5.82 Å². The lowest BCUT2D eigenvalue weighted by Gasteiger charge is -2.21. The van der Waals surface area contributed by atoms with Crippen LogP contribution in [0.1, 0.15) is 5.37 Å². The lowest BCUT2D eigenvalue weighted by molar-refractivity contribution is 0.126. The second-order valence-corrected chi connectivity index (χ2v) is 5.20. The van der Waals surface area contributed by atoms with Crippen LogP contribution in [-0.4, -0.2) is 38.7 Å². The molecular weight excluding hydrogens is 242 g/mol. The summed E-state index contributed by atoms with van der Waals surface area (Å²) in [6.07, 6.45) is 1.59. The first-order valence-electron chi connectivity index (χ1n) is 5.35. The van der Waals surface area contributed by atoms with Crippen LogP contribution in [0.5, 0.6) is 0 Å². The Morgan fingerprint density at radius 2 is 2.29 bits per heavy atom. The number of rotatable bonds is 3. The molecule has 1 aliphatic rings. The maximum atomic E-state index is 11.7. The van der Waals surface area contributed by atoms with E-state index in [4.69, 9.17) is 5.73 Å². The molecule has 1 aliphatic heterocycles. The Labute approximate surface area is 102 Å². The smallest absolute Gasteiger partial charge is 0.350 e. The molecule has 2 rings (SSSR count). The fourth-order valence-electron chi connectivity index (χ4n) is 2.04. The Balaban J connectivity index is 2.31. The number of anilines is 1. The number of hydrogen-bond donors (Lipinski definition) is 3. The molecule has 2 heterocycles. The maximum absolute atomic E-state index is 11.7. The average Bonchev–Trinajstić information content (AvgIpc) is 2.71. The molecule has 0 spiro atoms. The zero-order valence-corrected chi connectivity index (χ0v) is 10.0. The molecule has 1 saturated heterocycles. The van der Waals surface area contributed by atoms with E-state index < -0.39 is 5.69 Å². The van der Waals surface area contributed by atoms with Crippen molar-refractivity contribution in [3.05, 3.63) is 22.7 Å². The van der Waals surface area contributed by atoms with Gasteiger partial charge in [-0.2, -0.15) is 4.98 Å². The predicted octanol–water partition coefficient (Wildman–Crippen LogP) is -0.712. The highest BCUT2D eigenvalue weighted by Gasteiger charge is 2.37. The molecule has 17 heavy (non-hydrogen) atoms. The number of thioether (sulfide) groups is 1. The van der Waals surface area contributed by atoms with Gasteiger partial charge in [0.2, 0.25) is 0 Å². The molecule has 3 atom stereocenters. The molecule has 6 nitrogen and oxygen atoms in total. The van der Waals surface area contributed by atoms with Crippen molar-refractivity contribution in [2.45, 2.75) is 5.37 Å². The first-order valence-corrected chi connectivity index (χ1v) is 6.40. The van der Waals surface area contributed by atoms with Crippen molar-refractivity contribution in [2.75, 3.05) is 24.7 Å². The topological polar surface area (TPSA) is 101 Å². The molecule has 0 bridgehead atoms. The summed E-state index contributed by atoms with van der Waals surface area (Å²) < 4.78 is 1.47. The third-order valence-electron chi connectivity index (χ3n) is 3.02. The zero-order chi connectivity index (χ0) is 12.4. The Morgan fingerprint density at radius 3 is 2.88 bits per heavy atom. The third kappa shape index (κ3) is 2.31.